The van der Waals surface area contributed by atoms with Gasteiger partial charge >= 0.3 is 0 Å². The van der Waals surface area contributed by atoms with Crippen molar-refractivity contribution in [2.24, 2.45) is 0 Å². The summed E-state index contributed by atoms with van der Waals surface area (Å²) in [5.41, 5.74) is 0.0638. The Kier molecular flexibility index (Phi) is 6.12. The molecule has 2 aromatic rings. The molecular weight excluding hydrogens is 350 g/mol. The van der Waals surface area contributed by atoms with E-state index in [1.54, 1.807) is 18.4 Å². The number of rotatable bonds is 6. The number of aromatic amines is 1. The highest BCUT2D eigenvalue weighted by Crippen LogP contribution is 2.41. The molecule has 0 atom stereocenters. The molecule has 0 amide bonds. The molecular formula is C16H16ClN3O3S. The summed E-state index contributed by atoms with van der Waals surface area (Å²) in [7, 11) is 1.50. The van der Waals surface area contributed by atoms with Crippen LogP contribution in [0.3, 0.4) is 0 Å². The molecule has 0 radical (unpaired) electrons. The van der Waals surface area contributed by atoms with Gasteiger partial charge in [0, 0.05) is 16.7 Å². The first-order valence-corrected chi connectivity index (χ1v) is 8.75. The second kappa shape index (κ2) is 8.08. The van der Waals surface area contributed by atoms with E-state index in [1.807, 2.05) is 13.0 Å². The zero-order chi connectivity index (χ0) is 17.7. The highest BCUT2D eigenvalue weighted by molar-refractivity contribution is 7.98. The van der Waals surface area contributed by atoms with Gasteiger partial charge in [-0.15, -0.1) is 0 Å². The Labute approximate surface area is 148 Å². The number of halogens is 1. The molecule has 0 saturated carbocycles. The van der Waals surface area contributed by atoms with E-state index in [1.165, 1.54) is 18.9 Å². The number of thioether (sulfide) groups is 1. The van der Waals surface area contributed by atoms with E-state index >= 15 is 0 Å². The second-order valence-corrected chi connectivity index (χ2v) is 5.98. The number of methoxy groups -OCH3 is 1. The maximum Gasteiger partial charge on any atom is 0.270 e. The Morgan fingerprint density at radius 2 is 2.21 bits per heavy atom. The third-order valence-corrected chi connectivity index (χ3v) is 3.95. The first-order chi connectivity index (χ1) is 11.5. The summed E-state index contributed by atoms with van der Waals surface area (Å²) in [6, 6.07) is 5.13. The predicted octanol–water partition coefficient (Wildman–Crippen LogP) is 3.48. The number of benzene rings is 1. The van der Waals surface area contributed by atoms with Gasteiger partial charge in [0.25, 0.3) is 5.56 Å². The summed E-state index contributed by atoms with van der Waals surface area (Å²) in [5, 5.41) is 10.2. The summed E-state index contributed by atoms with van der Waals surface area (Å²) < 4.78 is 11.1. The second-order valence-electron chi connectivity index (χ2n) is 4.74. The SMILES string of the molecule is CCCOc1c(OC)cc(Cl)cc1-c1nc(SC)[nH]c(=O)c1C#N. The van der Waals surface area contributed by atoms with Crippen LogP contribution in [0, 0.1) is 11.3 Å². The number of H-pyrrole nitrogens is 1. The highest BCUT2D eigenvalue weighted by atomic mass is 35.5. The first-order valence-electron chi connectivity index (χ1n) is 7.14. The Balaban J connectivity index is 2.80. The summed E-state index contributed by atoms with van der Waals surface area (Å²) in [5.74, 6) is 0.827. The minimum absolute atomic E-state index is 0.0986. The molecule has 0 spiro atoms. The monoisotopic (exact) mass is 365 g/mol. The molecule has 24 heavy (non-hydrogen) atoms. The maximum absolute atomic E-state index is 12.2. The molecule has 0 saturated heterocycles. The van der Waals surface area contributed by atoms with E-state index in [0.717, 1.165) is 6.42 Å². The van der Waals surface area contributed by atoms with Gasteiger partial charge in [-0.2, -0.15) is 5.26 Å². The van der Waals surface area contributed by atoms with Crippen molar-refractivity contribution in [3.8, 4) is 28.8 Å². The Morgan fingerprint density at radius 3 is 2.79 bits per heavy atom. The van der Waals surface area contributed by atoms with Crippen LogP contribution >= 0.6 is 23.4 Å². The number of nitrogens with zero attached hydrogens (tertiary/aromatic N) is 2. The Bertz CT molecular complexity index is 846. The van der Waals surface area contributed by atoms with Crippen LogP contribution in [-0.4, -0.2) is 29.9 Å². The number of hydrogen-bond donors (Lipinski definition) is 1. The fourth-order valence-electron chi connectivity index (χ4n) is 2.10. The van der Waals surface area contributed by atoms with Crippen LogP contribution in [0.4, 0.5) is 0 Å². The fourth-order valence-corrected chi connectivity index (χ4v) is 2.68. The number of aromatic nitrogens is 2. The van der Waals surface area contributed by atoms with E-state index in [4.69, 9.17) is 21.1 Å². The standard InChI is InChI=1S/C16H16ClN3O3S/c1-4-5-23-14-10(6-9(17)7-12(14)22-2)13-11(8-18)15(21)20-16(19-13)24-3/h6-7H,4-5H2,1-3H3,(H,19,20,21). The third kappa shape index (κ3) is 3.66. The molecule has 1 aromatic heterocycles. The lowest BCUT2D eigenvalue weighted by Gasteiger charge is -2.16. The van der Waals surface area contributed by atoms with Crippen molar-refractivity contribution in [1.82, 2.24) is 9.97 Å². The molecule has 1 heterocycles. The average molecular weight is 366 g/mol. The molecule has 0 bridgehead atoms. The van der Waals surface area contributed by atoms with E-state index < -0.39 is 5.56 Å². The zero-order valence-corrected chi connectivity index (χ0v) is 15.0. The summed E-state index contributed by atoms with van der Waals surface area (Å²) in [6.45, 7) is 2.42. The Morgan fingerprint density at radius 1 is 1.46 bits per heavy atom. The van der Waals surface area contributed by atoms with Crippen LogP contribution in [0.15, 0.2) is 22.1 Å². The minimum Gasteiger partial charge on any atom is -0.493 e. The van der Waals surface area contributed by atoms with Gasteiger partial charge < -0.3 is 14.5 Å². The van der Waals surface area contributed by atoms with Crippen LogP contribution in [0.5, 0.6) is 11.5 Å². The number of nitriles is 1. The van der Waals surface area contributed by atoms with Gasteiger partial charge in [0.05, 0.1) is 13.7 Å². The molecule has 0 unspecified atom stereocenters. The van der Waals surface area contributed by atoms with Crippen LogP contribution in [0.2, 0.25) is 5.02 Å². The molecule has 0 fully saturated rings. The summed E-state index contributed by atoms with van der Waals surface area (Å²) in [4.78, 5) is 19.1. The van der Waals surface area contributed by atoms with Gasteiger partial charge in [-0.05, 0) is 18.7 Å². The lowest BCUT2D eigenvalue weighted by atomic mass is 10.1. The van der Waals surface area contributed by atoms with Gasteiger partial charge in [-0.3, -0.25) is 4.79 Å². The molecule has 126 valence electrons. The van der Waals surface area contributed by atoms with E-state index in [-0.39, 0.29) is 11.3 Å². The largest absolute Gasteiger partial charge is 0.493 e. The summed E-state index contributed by atoms with van der Waals surface area (Å²) >= 11 is 7.42. The minimum atomic E-state index is -0.507. The molecule has 6 nitrogen and oxygen atoms in total. The zero-order valence-electron chi connectivity index (χ0n) is 13.5. The molecule has 0 aliphatic rings. The van der Waals surface area contributed by atoms with Crippen molar-refractivity contribution in [1.29, 1.82) is 5.26 Å². The lowest BCUT2D eigenvalue weighted by Crippen LogP contribution is -2.15. The van der Waals surface area contributed by atoms with Gasteiger partial charge in [-0.1, -0.05) is 30.3 Å². The quantitative estimate of drug-likeness (QED) is 0.622. The normalized spacial score (nSPS) is 10.3. The molecule has 0 aliphatic heterocycles. The average Bonchev–Trinajstić information content (AvgIpc) is 2.59. The number of hydrogen-bond acceptors (Lipinski definition) is 6. The topological polar surface area (TPSA) is 88.0 Å². The molecule has 0 aliphatic carbocycles. The van der Waals surface area contributed by atoms with Gasteiger partial charge in [0.2, 0.25) is 0 Å². The lowest BCUT2D eigenvalue weighted by molar-refractivity contribution is 0.295. The van der Waals surface area contributed by atoms with E-state index in [2.05, 4.69) is 9.97 Å². The highest BCUT2D eigenvalue weighted by Gasteiger charge is 2.21. The first kappa shape index (κ1) is 18.2. The molecule has 1 N–H and O–H groups in total. The van der Waals surface area contributed by atoms with Crippen LogP contribution in [-0.2, 0) is 0 Å². The number of ether oxygens (including phenoxy) is 2. The maximum atomic E-state index is 12.2. The van der Waals surface area contributed by atoms with Crippen LogP contribution in [0.1, 0.15) is 18.9 Å². The van der Waals surface area contributed by atoms with Crippen molar-refractivity contribution in [3.05, 3.63) is 33.1 Å². The Hall–Kier alpha value is -2.17. The molecule has 1 aromatic carbocycles. The third-order valence-electron chi connectivity index (χ3n) is 3.15. The van der Waals surface area contributed by atoms with Crippen molar-refractivity contribution in [2.75, 3.05) is 20.0 Å². The van der Waals surface area contributed by atoms with Crippen molar-refractivity contribution >= 4 is 23.4 Å². The van der Waals surface area contributed by atoms with Gasteiger partial charge in [0.15, 0.2) is 16.7 Å². The van der Waals surface area contributed by atoms with Crippen molar-refractivity contribution in [3.63, 3.8) is 0 Å². The van der Waals surface area contributed by atoms with Crippen molar-refractivity contribution < 1.29 is 9.47 Å². The van der Waals surface area contributed by atoms with Gasteiger partial charge in [0.1, 0.15) is 17.3 Å². The summed E-state index contributed by atoms with van der Waals surface area (Å²) in [6.07, 6.45) is 2.57. The fraction of sp³-hybridized carbons (Fsp3) is 0.312. The van der Waals surface area contributed by atoms with Crippen LogP contribution in [0.25, 0.3) is 11.3 Å². The van der Waals surface area contributed by atoms with Crippen LogP contribution < -0.4 is 15.0 Å². The van der Waals surface area contributed by atoms with E-state index in [9.17, 15) is 10.1 Å². The van der Waals surface area contributed by atoms with Crippen molar-refractivity contribution in [2.45, 2.75) is 18.5 Å². The smallest absolute Gasteiger partial charge is 0.270 e. The number of nitrogens with one attached hydrogen (secondary N) is 1. The van der Waals surface area contributed by atoms with Gasteiger partial charge in [-0.25, -0.2) is 4.98 Å². The van der Waals surface area contributed by atoms with E-state index in [0.29, 0.717) is 33.8 Å². The predicted molar refractivity (Wildman–Crippen MR) is 94.1 cm³/mol. The molecule has 8 heteroatoms. The molecule has 2 rings (SSSR count).